The van der Waals surface area contributed by atoms with Gasteiger partial charge in [0.05, 0.1) is 10.6 Å². The highest BCUT2D eigenvalue weighted by Gasteiger charge is 2.15. The number of aryl methyl sites for hydroxylation is 2. The van der Waals surface area contributed by atoms with Crippen LogP contribution < -0.4 is 15.4 Å². The summed E-state index contributed by atoms with van der Waals surface area (Å²) >= 11 is 6.66. The van der Waals surface area contributed by atoms with E-state index in [0.29, 0.717) is 11.4 Å². The number of hydrogen-bond acceptors (Lipinski definition) is 5. The molecule has 0 aliphatic carbocycles. The van der Waals surface area contributed by atoms with Crippen LogP contribution in [-0.2, 0) is 14.8 Å². The Hall–Kier alpha value is -3.01. The predicted molar refractivity (Wildman–Crippen MR) is 131 cm³/mol. The highest BCUT2D eigenvalue weighted by Crippen LogP contribution is 2.21. The first-order valence-corrected chi connectivity index (χ1v) is 12.0. The third kappa shape index (κ3) is 6.48. The molecule has 0 atom stereocenters. The van der Waals surface area contributed by atoms with Gasteiger partial charge in [-0.1, -0.05) is 23.8 Å². The van der Waals surface area contributed by atoms with Gasteiger partial charge in [0.2, 0.25) is 5.91 Å². The Labute approximate surface area is 191 Å². The van der Waals surface area contributed by atoms with E-state index in [1.54, 1.807) is 24.3 Å². The van der Waals surface area contributed by atoms with Crippen molar-refractivity contribution in [2.45, 2.75) is 18.7 Å². The van der Waals surface area contributed by atoms with Crippen LogP contribution in [0.3, 0.4) is 0 Å². The second-order valence-corrected chi connectivity index (χ2v) is 9.81. The van der Waals surface area contributed by atoms with Crippen LogP contribution in [0.5, 0.6) is 0 Å². The number of anilines is 2. The second kappa shape index (κ2) is 9.86. The predicted octanol–water partition coefficient (Wildman–Crippen LogP) is 4.69. The first-order chi connectivity index (χ1) is 14.7. The number of carbonyl (C=O) groups is 1. The molecule has 0 spiro atoms. The van der Waals surface area contributed by atoms with E-state index in [1.165, 1.54) is 29.5 Å². The molecule has 0 aliphatic rings. The summed E-state index contributed by atoms with van der Waals surface area (Å²) in [7, 11) is -3.73. The zero-order valence-electron chi connectivity index (χ0n) is 16.9. The molecule has 3 rings (SSSR count). The second-order valence-electron chi connectivity index (χ2n) is 6.74. The van der Waals surface area contributed by atoms with Crippen molar-refractivity contribution >= 4 is 62.0 Å². The Bertz CT molecular complexity index is 1220. The van der Waals surface area contributed by atoms with Crippen LogP contribution in [0.25, 0.3) is 6.08 Å². The normalized spacial score (nSPS) is 11.3. The Kier molecular flexibility index (Phi) is 7.21. The van der Waals surface area contributed by atoms with Gasteiger partial charge < -0.3 is 5.32 Å². The molecule has 0 bridgehead atoms. The minimum atomic E-state index is -3.73. The maximum atomic E-state index is 12.7. The van der Waals surface area contributed by atoms with Gasteiger partial charge in [-0.2, -0.15) is 0 Å². The molecule has 3 N–H and O–H groups in total. The van der Waals surface area contributed by atoms with Crippen LogP contribution >= 0.6 is 23.6 Å². The zero-order chi connectivity index (χ0) is 22.4. The lowest BCUT2D eigenvalue weighted by molar-refractivity contribution is -0.115. The molecule has 0 unspecified atom stereocenters. The number of thiophene rings is 1. The topological polar surface area (TPSA) is 87.3 Å². The van der Waals surface area contributed by atoms with E-state index in [1.807, 2.05) is 43.5 Å². The Balaban J connectivity index is 1.60. The first-order valence-electron chi connectivity index (χ1n) is 9.27. The van der Waals surface area contributed by atoms with E-state index in [4.69, 9.17) is 12.2 Å². The standard InChI is InChI=1S/C22H21N3O3S3/c1-15-5-11-20(16(2)14-15)25-31(27,28)19-9-6-17(7-10-19)23-22(29)24-21(26)12-8-18-4-3-13-30-18/h3-14,25H,1-2H3,(H2,23,24,26,29). The van der Waals surface area contributed by atoms with E-state index in [-0.39, 0.29) is 15.9 Å². The fourth-order valence-electron chi connectivity index (χ4n) is 2.71. The van der Waals surface area contributed by atoms with Crippen LogP contribution in [0.15, 0.2) is 70.9 Å². The highest BCUT2D eigenvalue weighted by atomic mass is 32.2. The summed E-state index contributed by atoms with van der Waals surface area (Å²) in [6.45, 7) is 3.80. The Morgan fingerprint density at radius 2 is 1.81 bits per heavy atom. The average Bonchev–Trinajstić information content (AvgIpc) is 3.22. The van der Waals surface area contributed by atoms with Crippen LogP contribution in [0.4, 0.5) is 11.4 Å². The lowest BCUT2D eigenvalue weighted by atomic mass is 10.1. The molecule has 1 heterocycles. The van der Waals surface area contributed by atoms with Gasteiger partial charge in [-0.15, -0.1) is 11.3 Å². The Morgan fingerprint density at radius 3 is 2.45 bits per heavy atom. The van der Waals surface area contributed by atoms with Gasteiger partial charge in [-0.3, -0.25) is 14.8 Å². The van der Waals surface area contributed by atoms with Crippen molar-refractivity contribution in [3.63, 3.8) is 0 Å². The SMILES string of the molecule is Cc1ccc(NS(=O)(=O)c2ccc(NC(=S)NC(=O)C=Cc3cccs3)cc2)c(C)c1. The molecule has 0 radical (unpaired) electrons. The summed E-state index contributed by atoms with van der Waals surface area (Å²) in [5.74, 6) is -0.359. The average molecular weight is 472 g/mol. The smallest absolute Gasteiger partial charge is 0.261 e. The molecular formula is C22H21N3O3S3. The van der Waals surface area contributed by atoms with Gasteiger partial charge in [0.15, 0.2) is 5.11 Å². The maximum Gasteiger partial charge on any atom is 0.261 e. The van der Waals surface area contributed by atoms with Crippen LogP contribution in [0.2, 0.25) is 0 Å². The summed E-state index contributed by atoms with van der Waals surface area (Å²) in [5, 5.41) is 7.45. The third-order valence-corrected chi connectivity index (χ3v) is 6.65. The molecule has 0 fully saturated rings. The Morgan fingerprint density at radius 1 is 1.06 bits per heavy atom. The van der Waals surface area contributed by atoms with E-state index >= 15 is 0 Å². The summed E-state index contributed by atoms with van der Waals surface area (Å²) in [4.78, 5) is 13.0. The van der Waals surface area contributed by atoms with Gasteiger partial charge >= 0.3 is 0 Å². The number of carbonyl (C=O) groups excluding carboxylic acids is 1. The first kappa shape index (κ1) is 22.7. The molecule has 1 aromatic heterocycles. The molecule has 0 aliphatic heterocycles. The third-order valence-electron chi connectivity index (χ3n) is 4.23. The van der Waals surface area contributed by atoms with E-state index < -0.39 is 10.0 Å². The summed E-state index contributed by atoms with van der Waals surface area (Å²) < 4.78 is 27.9. The van der Waals surface area contributed by atoms with Crippen molar-refractivity contribution in [1.82, 2.24) is 5.32 Å². The van der Waals surface area contributed by atoms with E-state index in [2.05, 4.69) is 15.4 Å². The van der Waals surface area contributed by atoms with Crippen molar-refractivity contribution in [3.05, 3.63) is 82.1 Å². The minimum Gasteiger partial charge on any atom is -0.332 e. The molecule has 0 saturated heterocycles. The van der Waals surface area contributed by atoms with Gasteiger partial charge in [0, 0.05) is 16.6 Å². The van der Waals surface area contributed by atoms with Crippen molar-refractivity contribution in [2.24, 2.45) is 0 Å². The minimum absolute atomic E-state index is 0.116. The fraction of sp³-hybridized carbons (Fsp3) is 0.0909. The molecule has 6 nitrogen and oxygen atoms in total. The number of thiocarbonyl (C=S) groups is 1. The van der Waals surface area contributed by atoms with Crippen molar-refractivity contribution in [1.29, 1.82) is 0 Å². The summed E-state index contributed by atoms with van der Waals surface area (Å²) in [6.07, 6.45) is 3.10. The van der Waals surface area contributed by atoms with E-state index in [0.717, 1.165) is 16.0 Å². The lowest BCUT2D eigenvalue weighted by Gasteiger charge is -2.12. The fourth-order valence-corrected chi connectivity index (χ4v) is 4.68. The van der Waals surface area contributed by atoms with Gasteiger partial charge in [0.25, 0.3) is 10.0 Å². The van der Waals surface area contributed by atoms with Crippen molar-refractivity contribution in [3.8, 4) is 0 Å². The van der Waals surface area contributed by atoms with Gasteiger partial charge in [-0.25, -0.2) is 8.42 Å². The number of benzene rings is 2. The van der Waals surface area contributed by atoms with Crippen LogP contribution in [0, 0.1) is 13.8 Å². The quantitative estimate of drug-likeness (QED) is 0.359. The number of rotatable bonds is 6. The maximum absolute atomic E-state index is 12.7. The number of sulfonamides is 1. The number of amides is 1. The van der Waals surface area contributed by atoms with Gasteiger partial charge in [0.1, 0.15) is 0 Å². The molecule has 9 heteroatoms. The molecule has 1 amide bonds. The van der Waals surface area contributed by atoms with Crippen LogP contribution in [0.1, 0.15) is 16.0 Å². The molecular weight excluding hydrogens is 450 g/mol. The molecule has 0 saturated carbocycles. The van der Waals surface area contributed by atoms with Crippen molar-refractivity contribution < 1.29 is 13.2 Å². The van der Waals surface area contributed by atoms with Gasteiger partial charge in [-0.05, 0) is 79.5 Å². The summed E-state index contributed by atoms with van der Waals surface area (Å²) in [5.41, 5.74) is 2.99. The summed E-state index contributed by atoms with van der Waals surface area (Å²) in [6, 6.07) is 15.4. The largest absolute Gasteiger partial charge is 0.332 e. The van der Waals surface area contributed by atoms with Crippen LogP contribution in [-0.4, -0.2) is 19.4 Å². The lowest BCUT2D eigenvalue weighted by Crippen LogP contribution is -2.32. The molecule has 31 heavy (non-hydrogen) atoms. The highest BCUT2D eigenvalue weighted by molar-refractivity contribution is 7.92. The molecule has 3 aromatic rings. The number of nitrogens with one attached hydrogen (secondary N) is 3. The van der Waals surface area contributed by atoms with E-state index in [9.17, 15) is 13.2 Å². The molecule has 160 valence electrons. The number of hydrogen-bond donors (Lipinski definition) is 3. The molecule has 2 aromatic carbocycles. The zero-order valence-corrected chi connectivity index (χ0v) is 19.3. The monoisotopic (exact) mass is 471 g/mol. The van der Waals surface area contributed by atoms with Crippen molar-refractivity contribution in [2.75, 3.05) is 10.0 Å².